The minimum absolute atomic E-state index is 0.972. The SMILES string of the molecule is CCC#C[CH]CCC. The Bertz CT molecular complexity index is 81.9. The molecule has 0 spiro atoms. The van der Waals surface area contributed by atoms with Gasteiger partial charge in [-0.25, -0.2) is 0 Å². The molecule has 45 valence electrons. The predicted molar refractivity (Wildman–Crippen MR) is 37.3 cm³/mol. The molecule has 0 heteroatoms. The van der Waals surface area contributed by atoms with E-state index in [9.17, 15) is 0 Å². The Kier molecular flexibility index (Phi) is 6.20. The second-order valence-electron chi connectivity index (χ2n) is 1.67. The minimum atomic E-state index is 0.972. The van der Waals surface area contributed by atoms with Gasteiger partial charge in [-0.15, -0.1) is 5.92 Å². The Balaban J connectivity index is 2.90. The molecule has 0 N–H and O–H groups in total. The largest absolute Gasteiger partial charge is 0.103 e. The van der Waals surface area contributed by atoms with Crippen LogP contribution < -0.4 is 0 Å². The minimum Gasteiger partial charge on any atom is -0.103 e. The van der Waals surface area contributed by atoms with Crippen LogP contribution >= 0.6 is 0 Å². The highest BCUT2D eigenvalue weighted by molar-refractivity contribution is 5.08. The highest BCUT2D eigenvalue weighted by Gasteiger charge is 1.74. The molecule has 8 heavy (non-hydrogen) atoms. The van der Waals surface area contributed by atoms with Gasteiger partial charge in [0.1, 0.15) is 0 Å². The van der Waals surface area contributed by atoms with Crippen LogP contribution in [-0.4, -0.2) is 0 Å². The fraction of sp³-hybridized carbons (Fsp3) is 0.625. The third kappa shape index (κ3) is 5.56. The van der Waals surface area contributed by atoms with Gasteiger partial charge in [-0.2, -0.15) is 0 Å². The average molecular weight is 109 g/mol. The van der Waals surface area contributed by atoms with Crippen molar-refractivity contribution in [3.63, 3.8) is 0 Å². The smallest absolute Gasteiger partial charge is 0.0340 e. The topological polar surface area (TPSA) is 0 Å². The molecule has 0 aliphatic carbocycles. The van der Waals surface area contributed by atoms with Gasteiger partial charge in [0.2, 0.25) is 0 Å². The summed E-state index contributed by atoms with van der Waals surface area (Å²) in [5.74, 6) is 5.94. The summed E-state index contributed by atoms with van der Waals surface area (Å²) in [7, 11) is 0. The molecule has 0 aliphatic rings. The van der Waals surface area contributed by atoms with E-state index in [0.717, 1.165) is 12.8 Å². The van der Waals surface area contributed by atoms with Crippen LogP contribution in [0.3, 0.4) is 0 Å². The lowest BCUT2D eigenvalue weighted by Crippen LogP contribution is -1.67. The van der Waals surface area contributed by atoms with Crippen molar-refractivity contribution < 1.29 is 0 Å². The van der Waals surface area contributed by atoms with Gasteiger partial charge in [0.05, 0.1) is 0 Å². The lowest BCUT2D eigenvalue weighted by atomic mass is 10.2. The van der Waals surface area contributed by atoms with Crippen molar-refractivity contribution in [1.82, 2.24) is 0 Å². The van der Waals surface area contributed by atoms with Crippen molar-refractivity contribution in [3.8, 4) is 11.8 Å². The first kappa shape index (κ1) is 7.56. The fourth-order valence-corrected chi connectivity index (χ4v) is 0.391. The monoisotopic (exact) mass is 109 g/mol. The van der Waals surface area contributed by atoms with Gasteiger partial charge in [0.15, 0.2) is 0 Å². The molecule has 0 rings (SSSR count). The van der Waals surface area contributed by atoms with E-state index in [1.165, 1.54) is 6.42 Å². The van der Waals surface area contributed by atoms with Crippen LogP contribution in [0.2, 0.25) is 0 Å². The van der Waals surface area contributed by atoms with Gasteiger partial charge in [-0.05, 0) is 6.42 Å². The third-order valence-corrected chi connectivity index (χ3v) is 0.814. The molecule has 0 aromatic rings. The Hall–Kier alpha value is -0.440. The third-order valence-electron chi connectivity index (χ3n) is 0.814. The summed E-state index contributed by atoms with van der Waals surface area (Å²) in [6.07, 6.45) is 5.34. The van der Waals surface area contributed by atoms with Crippen LogP contribution in [-0.2, 0) is 0 Å². The lowest BCUT2D eigenvalue weighted by molar-refractivity contribution is 0.929. The summed E-state index contributed by atoms with van der Waals surface area (Å²) in [6.45, 7) is 4.22. The van der Waals surface area contributed by atoms with Crippen LogP contribution in [0.1, 0.15) is 33.1 Å². The maximum atomic E-state index is 2.98. The molecule has 0 unspecified atom stereocenters. The van der Waals surface area contributed by atoms with Crippen LogP contribution in [0.4, 0.5) is 0 Å². The lowest BCUT2D eigenvalue weighted by Gasteiger charge is -1.80. The maximum absolute atomic E-state index is 2.98. The standard InChI is InChI=1S/C8H13/c1-3-5-7-8-6-4-2/h7H,3-5H2,1-2H3. The van der Waals surface area contributed by atoms with Gasteiger partial charge in [-0.3, -0.25) is 0 Å². The van der Waals surface area contributed by atoms with Crippen molar-refractivity contribution in [1.29, 1.82) is 0 Å². The quantitative estimate of drug-likeness (QED) is 0.377. The summed E-state index contributed by atoms with van der Waals surface area (Å²) >= 11 is 0. The van der Waals surface area contributed by atoms with Gasteiger partial charge in [0, 0.05) is 12.8 Å². The molecule has 0 nitrogen and oxygen atoms in total. The number of rotatable bonds is 2. The molecular weight excluding hydrogens is 96.1 g/mol. The molecule has 0 amide bonds. The first-order chi connectivity index (χ1) is 3.91. The zero-order valence-electron chi connectivity index (χ0n) is 5.70. The molecule has 0 saturated carbocycles. The summed E-state index contributed by atoms with van der Waals surface area (Å²) in [6, 6.07) is 0. The Morgan fingerprint density at radius 2 is 2.12 bits per heavy atom. The molecular formula is C8H13. The predicted octanol–water partition coefficient (Wildman–Crippen LogP) is 2.40. The molecule has 0 fully saturated rings. The summed E-state index contributed by atoms with van der Waals surface area (Å²) in [5, 5.41) is 0. The van der Waals surface area contributed by atoms with Crippen molar-refractivity contribution in [2.24, 2.45) is 0 Å². The van der Waals surface area contributed by atoms with Crippen LogP contribution in [0.5, 0.6) is 0 Å². The number of hydrogen-bond acceptors (Lipinski definition) is 0. The maximum Gasteiger partial charge on any atom is 0.0340 e. The van der Waals surface area contributed by atoms with Crippen molar-refractivity contribution in [2.75, 3.05) is 0 Å². The van der Waals surface area contributed by atoms with Crippen molar-refractivity contribution in [2.45, 2.75) is 33.1 Å². The van der Waals surface area contributed by atoms with E-state index in [0.29, 0.717) is 0 Å². The van der Waals surface area contributed by atoms with E-state index in [1.54, 1.807) is 0 Å². The Morgan fingerprint density at radius 1 is 1.38 bits per heavy atom. The second-order valence-corrected chi connectivity index (χ2v) is 1.67. The molecule has 0 atom stereocenters. The van der Waals surface area contributed by atoms with Gasteiger partial charge < -0.3 is 0 Å². The van der Waals surface area contributed by atoms with E-state index in [2.05, 4.69) is 25.7 Å². The van der Waals surface area contributed by atoms with Gasteiger partial charge >= 0.3 is 0 Å². The van der Waals surface area contributed by atoms with Crippen LogP contribution in [0, 0.1) is 18.3 Å². The molecule has 0 aliphatic heterocycles. The summed E-state index contributed by atoms with van der Waals surface area (Å²) in [4.78, 5) is 0. The number of unbranched alkanes of at least 4 members (excludes halogenated alkanes) is 2. The van der Waals surface area contributed by atoms with E-state index in [4.69, 9.17) is 0 Å². The highest BCUT2D eigenvalue weighted by Crippen LogP contribution is 1.88. The zero-order chi connectivity index (χ0) is 6.24. The van der Waals surface area contributed by atoms with Crippen LogP contribution in [0.15, 0.2) is 0 Å². The Labute approximate surface area is 52.3 Å². The number of hydrogen-bond donors (Lipinski definition) is 0. The molecule has 0 heterocycles. The normalized spacial score (nSPS) is 7.75. The summed E-state index contributed by atoms with van der Waals surface area (Å²) in [5.41, 5.74) is 0. The van der Waals surface area contributed by atoms with Gasteiger partial charge in [-0.1, -0.05) is 26.2 Å². The second kappa shape index (κ2) is 6.56. The van der Waals surface area contributed by atoms with E-state index in [-0.39, 0.29) is 0 Å². The van der Waals surface area contributed by atoms with Crippen LogP contribution in [0.25, 0.3) is 0 Å². The molecule has 0 aromatic carbocycles. The molecule has 0 aromatic heterocycles. The van der Waals surface area contributed by atoms with Crippen molar-refractivity contribution in [3.05, 3.63) is 6.42 Å². The van der Waals surface area contributed by atoms with Gasteiger partial charge in [0.25, 0.3) is 0 Å². The van der Waals surface area contributed by atoms with E-state index >= 15 is 0 Å². The molecule has 1 radical (unpaired) electrons. The van der Waals surface area contributed by atoms with Crippen molar-refractivity contribution >= 4 is 0 Å². The Morgan fingerprint density at radius 3 is 2.62 bits per heavy atom. The first-order valence-corrected chi connectivity index (χ1v) is 3.21. The van der Waals surface area contributed by atoms with E-state index < -0.39 is 0 Å². The molecule has 0 bridgehead atoms. The average Bonchev–Trinajstić information content (AvgIpc) is 1.81. The molecule has 0 saturated heterocycles. The zero-order valence-corrected chi connectivity index (χ0v) is 5.70. The van der Waals surface area contributed by atoms with E-state index in [1.807, 2.05) is 6.42 Å². The highest BCUT2D eigenvalue weighted by atomic mass is 13.8. The summed E-state index contributed by atoms with van der Waals surface area (Å²) < 4.78 is 0. The first-order valence-electron chi connectivity index (χ1n) is 3.21. The fourth-order valence-electron chi connectivity index (χ4n) is 0.391.